The third-order valence-electron chi connectivity index (χ3n) is 3.21. The molecule has 94 valence electrons. The lowest BCUT2D eigenvalue weighted by atomic mass is 10.1. The number of hydrogen-bond donors (Lipinski definition) is 1. The number of nitrogens with zero attached hydrogens (tertiary/aromatic N) is 1. The lowest BCUT2D eigenvalue weighted by Gasteiger charge is -2.33. The summed E-state index contributed by atoms with van der Waals surface area (Å²) in [5, 5.41) is 2.20. The second-order valence-corrected chi connectivity index (χ2v) is 4.57. The van der Waals surface area contributed by atoms with Crippen molar-refractivity contribution in [3.63, 3.8) is 0 Å². The van der Waals surface area contributed by atoms with Gasteiger partial charge in [0.25, 0.3) is 5.91 Å². The normalized spacial score (nSPS) is 33.8. The van der Waals surface area contributed by atoms with E-state index in [-0.39, 0.29) is 18.6 Å². The van der Waals surface area contributed by atoms with Crippen LogP contribution in [0.5, 0.6) is 0 Å². The van der Waals surface area contributed by atoms with Crippen LogP contribution in [0.3, 0.4) is 0 Å². The van der Waals surface area contributed by atoms with Gasteiger partial charge in [-0.25, -0.2) is 0 Å². The smallest absolute Gasteiger partial charge is 0.252 e. The number of imide groups is 1. The molecule has 2 aliphatic rings. The van der Waals surface area contributed by atoms with Gasteiger partial charge in [-0.15, -0.1) is 0 Å². The predicted molar refractivity (Wildman–Crippen MR) is 57.9 cm³/mol. The minimum atomic E-state index is -0.611. The number of nitrogens with one attached hydrogen (secondary N) is 1. The van der Waals surface area contributed by atoms with E-state index in [2.05, 4.69) is 5.32 Å². The zero-order valence-electron chi connectivity index (χ0n) is 9.93. The second kappa shape index (κ2) is 4.44. The summed E-state index contributed by atoms with van der Waals surface area (Å²) in [4.78, 5) is 36.1. The Morgan fingerprint density at radius 1 is 1.35 bits per heavy atom. The van der Waals surface area contributed by atoms with E-state index < -0.39 is 24.0 Å². The first-order valence-electron chi connectivity index (χ1n) is 5.78. The first kappa shape index (κ1) is 12.0. The van der Waals surface area contributed by atoms with Crippen molar-refractivity contribution in [2.45, 2.75) is 44.9 Å². The molecule has 3 unspecified atom stereocenters. The van der Waals surface area contributed by atoms with E-state index in [0.29, 0.717) is 6.42 Å². The molecular formula is C11H16N2O4. The summed E-state index contributed by atoms with van der Waals surface area (Å²) in [5.41, 5.74) is 0. The van der Waals surface area contributed by atoms with E-state index >= 15 is 0 Å². The van der Waals surface area contributed by atoms with E-state index in [4.69, 9.17) is 4.74 Å². The molecule has 0 aromatic rings. The number of carbonyl (C=O) groups is 3. The number of hydrogen-bond acceptors (Lipinski definition) is 4. The molecule has 6 nitrogen and oxygen atoms in total. The molecule has 2 rings (SSSR count). The summed E-state index contributed by atoms with van der Waals surface area (Å²) in [6, 6.07) is -0.611. The maximum absolute atomic E-state index is 12.1. The van der Waals surface area contributed by atoms with Crippen LogP contribution in [-0.4, -0.2) is 47.4 Å². The summed E-state index contributed by atoms with van der Waals surface area (Å²) in [5.74, 6) is -1.13. The van der Waals surface area contributed by atoms with Crippen LogP contribution >= 0.6 is 0 Å². The van der Waals surface area contributed by atoms with Gasteiger partial charge in [0.2, 0.25) is 11.8 Å². The zero-order valence-corrected chi connectivity index (χ0v) is 9.93. The zero-order chi connectivity index (χ0) is 12.6. The fourth-order valence-electron chi connectivity index (χ4n) is 2.15. The molecule has 0 radical (unpaired) electrons. The van der Waals surface area contributed by atoms with Crippen LogP contribution in [0.25, 0.3) is 0 Å². The van der Waals surface area contributed by atoms with Crippen LogP contribution in [0.2, 0.25) is 0 Å². The molecular weight excluding hydrogens is 224 g/mol. The van der Waals surface area contributed by atoms with Crippen LogP contribution in [-0.2, 0) is 19.1 Å². The van der Waals surface area contributed by atoms with Gasteiger partial charge >= 0.3 is 0 Å². The van der Waals surface area contributed by atoms with Gasteiger partial charge < -0.3 is 9.64 Å². The lowest BCUT2D eigenvalue weighted by molar-refractivity contribution is -0.155. The number of ether oxygens (including phenoxy) is 1. The van der Waals surface area contributed by atoms with Crippen LogP contribution < -0.4 is 5.32 Å². The molecule has 6 heteroatoms. The summed E-state index contributed by atoms with van der Waals surface area (Å²) in [6.07, 6.45) is 1.04. The van der Waals surface area contributed by atoms with Gasteiger partial charge in [0.05, 0.1) is 6.10 Å². The standard InChI is InChI=1S/C11H16N2O4/c1-6-3-4-8(17-6)11(16)13-5-9(14)12-10(15)7(13)2/h6-8H,3-5H2,1-2H3,(H,12,14,15). The highest BCUT2D eigenvalue weighted by Gasteiger charge is 2.39. The van der Waals surface area contributed by atoms with Crippen LogP contribution in [0.15, 0.2) is 0 Å². The van der Waals surface area contributed by atoms with Gasteiger partial charge in [-0.2, -0.15) is 0 Å². The molecule has 0 bridgehead atoms. The maximum atomic E-state index is 12.1. The molecule has 3 atom stereocenters. The molecule has 0 spiro atoms. The Morgan fingerprint density at radius 3 is 2.65 bits per heavy atom. The van der Waals surface area contributed by atoms with Crippen molar-refractivity contribution in [2.75, 3.05) is 6.54 Å². The minimum absolute atomic E-state index is 0.0635. The van der Waals surface area contributed by atoms with Gasteiger partial charge in [-0.3, -0.25) is 19.7 Å². The fraction of sp³-hybridized carbons (Fsp3) is 0.727. The Hall–Kier alpha value is -1.43. The number of rotatable bonds is 1. The van der Waals surface area contributed by atoms with E-state index in [1.165, 1.54) is 4.90 Å². The first-order chi connectivity index (χ1) is 7.99. The highest BCUT2D eigenvalue weighted by molar-refractivity contribution is 6.04. The molecule has 17 heavy (non-hydrogen) atoms. The summed E-state index contributed by atoms with van der Waals surface area (Å²) in [6.45, 7) is 3.45. The average molecular weight is 240 g/mol. The van der Waals surface area contributed by atoms with Crippen molar-refractivity contribution < 1.29 is 19.1 Å². The summed E-state index contributed by atoms with van der Waals surface area (Å²) >= 11 is 0. The van der Waals surface area contributed by atoms with Gasteiger partial charge in [0, 0.05) is 0 Å². The van der Waals surface area contributed by atoms with Crippen molar-refractivity contribution in [1.82, 2.24) is 10.2 Å². The summed E-state index contributed by atoms with van der Waals surface area (Å²) < 4.78 is 5.46. The van der Waals surface area contributed by atoms with Crippen molar-refractivity contribution in [1.29, 1.82) is 0 Å². The largest absolute Gasteiger partial charge is 0.365 e. The van der Waals surface area contributed by atoms with Gasteiger partial charge in [-0.05, 0) is 26.7 Å². The van der Waals surface area contributed by atoms with Crippen LogP contribution in [0.1, 0.15) is 26.7 Å². The van der Waals surface area contributed by atoms with Crippen molar-refractivity contribution in [3.05, 3.63) is 0 Å². The third-order valence-corrected chi connectivity index (χ3v) is 3.21. The number of piperazine rings is 1. The van der Waals surface area contributed by atoms with Gasteiger partial charge in [0.15, 0.2) is 0 Å². The molecule has 0 saturated carbocycles. The first-order valence-corrected chi connectivity index (χ1v) is 5.78. The number of amides is 3. The second-order valence-electron chi connectivity index (χ2n) is 4.57. The maximum Gasteiger partial charge on any atom is 0.252 e. The van der Waals surface area contributed by atoms with E-state index in [1.54, 1.807) is 6.92 Å². The molecule has 2 saturated heterocycles. The van der Waals surface area contributed by atoms with Crippen LogP contribution in [0, 0.1) is 0 Å². The van der Waals surface area contributed by atoms with E-state index in [9.17, 15) is 14.4 Å². The van der Waals surface area contributed by atoms with Gasteiger partial charge in [0.1, 0.15) is 18.7 Å². The Balaban J connectivity index is 2.07. The fourth-order valence-corrected chi connectivity index (χ4v) is 2.15. The molecule has 0 aliphatic carbocycles. The minimum Gasteiger partial charge on any atom is -0.365 e. The van der Waals surface area contributed by atoms with Crippen molar-refractivity contribution in [2.24, 2.45) is 0 Å². The quantitative estimate of drug-likeness (QED) is 0.623. The Morgan fingerprint density at radius 2 is 2.06 bits per heavy atom. The molecule has 0 aromatic heterocycles. The SMILES string of the molecule is CC1CCC(C(=O)N2CC(=O)NC(=O)C2C)O1. The highest BCUT2D eigenvalue weighted by Crippen LogP contribution is 2.22. The van der Waals surface area contributed by atoms with Crippen molar-refractivity contribution in [3.8, 4) is 0 Å². The lowest BCUT2D eigenvalue weighted by Crippen LogP contribution is -2.60. The molecule has 2 fully saturated rings. The number of carbonyl (C=O) groups excluding carboxylic acids is 3. The molecule has 0 aromatic carbocycles. The average Bonchev–Trinajstić information content (AvgIpc) is 2.69. The Labute approximate surface area is 99.3 Å². The topological polar surface area (TPSA) is 75.7 Å². The van der Waals surface area contributed by atoms with Gasteiger partial charge in [-0.1, -0.05) is 0 Å². The highest BCUT2D eigenvalue weighted by atomic mass is 16.5. The summed E-state index contributed by atoms with van der Waals surface area (Å²) in [7, 11) is 0. The van der Waals surface area contributed by atoms with Crippen molar-refractivity contribution >= 4 is 17.7 Å². The molecule has 2 heterocycles. The molecule has 2 aliphatic heterocycles. The Bertz CT molecular complexity index is 368. The predicted octanol–water partition coefficient (Wildman–Crippen LogP) is -0.573. The Kier molecular flexibility index (Phi) is 3.15. The third kappa shape index (κ3) is 2.31. The monoisotopic (exact) mass is 240 g/mol. The molecule has 3 amide bonds. The van der Waals surface area contributed by atoms with E-state index in [0.717, 1.165) is 6.42 Å². The van der Waals surface area contributed by atoms with E-state index in [1.807, 2.05) is 6.92 Å². The van der Waals surface area contributed by atoms with Crippen LogP contribution in [0.4, 0.5) is 0 Å². The molecule has 1 N–H and O–H groups in total.